The van der Waals surface area contributed by atoms with Gasteiger partial charge in [0.15, 0.2) is 4.34 Å². The zero-order valence-electron chi connectivity index (χ0n) is 11.8. The molecular weight excluding hydrogens is 290 g/mol. The van der Waals surface area contributed by atoms with Gasteiger partial charge in [-0.2, -0.15) is 0 Å². The Morgan fingerprint density at radius 3 is 2.65 bits per heavy atom. The summed E-state index contributed by atoms with van der Waals surface area (Å²) in [5.41, 5.74) is 1.09. The number of nitrogens with zero attached hydrogens (tertiary/aromatic N) is 4. The molecule has 0 bridgehead atoms. The minimum absolute atomic E-state index is 0.545. The van der Waals surface area contributed by atoms with Crippen LogP contribution in [0.3, 0.4) is 0 Å². The summed E-state index contributed by atoms with van der Waals surface area (Å²) in [4.78, 5) is 9.40. The highest BCUT2D eigenvalue weighted by Gasteiger charge is 2.28. The maximum atomic E-state index is 4.73. The molecule has 1 aliphatic rings. The number of hydrogen-bond donors (Lipinski definition) is 1. The van der Waals surface area contributed by atoms with Crippen LogP contribution < -0.4 is 5.32 Å². The molecule has 20 heavy (non-hydrogen) atoms. The molecule has 0 radical (unpaired) electrons. The van der Waals surface area contributed by atoms with Gasteiger partial charge in [0.05, 0.1) is 0 Å². The van der Waals surface area contributed by atoms with E-state index in [9.17, 15) is 0 Å². The molecule has 7 heteroatoms. The van der Waals surface area contributed by atoms with E-state index in [0.717, 1.165) is 38.1 Å². The molecule has 1 aliphatic carbocycles. The minimum atomic E-state index is 0.545. The van der Waals surface area contributed by atoms with E-state index in [1.807, 2.05) is 6.92 Å². The Morgan fingerprint density at radius 1 is 1.25 bits per heavy atom. The fourth-order valence-corrected chi connectivity index (χ4v) is 3.70. The minimum Gasteiger partial charge on any atom is -0.370 e. The van der Waals surface area contributed by atoms with Crippen molar-refractivity contribution in [2.24, 2.45) is 0 Å². The van der Waals surface area contributed by atoms with Crippen LogP contribution >= 0.6 is 23.1 Å². The highest BCUT2D eigenvalue weighted by atomic mass is 32.2. The lowest BCUT2D eigenvalue weighted by atomic mass is 10.3. The van der Waals surface area contributed by atoms with Crippen molar-refractivity contribution in [3.8, 4) is 0 Å². The largest absolute Gasteiger partial charge is 0.370 e. The molecule has 2 heterocycles. The molecule has 0 unspecified atom stereocenters. The first-order valence-electron chi connectivity index (χ1n) is 6.77. The summed E-state index contributed by atoms with van der Waals surface area (Å²) in [7, 11) is 0. The molecule has 0 spiro atoms. The number of aryl methyl sites for hydroxylation is 1. The van der Waals surface area contributed by atoms with Crippen molar-refractivity contribution in [2.75, 3.05) is 11.9 Å². The van der Waals surface area contributed by atoms with Crippen LogP contribution in [0.2, 0.25) is 0 Å². The van der Waals surface area contributed by atoms with Gasteiger partial charge < -0.3 is 5.32 Å². The Balaban J connectivity index is 1.94. The first-order valence-corrected chi connectivity index (χ1v) is 8.41. The van der Waals surface area contributed by atoms with E-state index in [1.165, 1.54) is 12.8 Å². The van der Waals surface area contributed by atoms with Gasteiger partial charge in [0, 0.05) is 18.0 Å². The average Bonchev–Trinajstić information content (AvgIpc) is 3.19. The van der Waals surface area contributed by atoms with E-state index in [1.54, 1.807) is 23.1 Å². The molecule has 106 valence electrons. The van der Waals surface area contributed by atoms with Gasteiger partial charge in [0.2, 0.25) is 0 Å². The lowest BCUT2D eigenvalue weighted by molar-refractivity contribution is 0.859. The van der Waals surface area contributed by atoms with Gasteiger partial charge in [-0.25, -0.2) is 9.97 Å². The maximum Gasteiger partial charge on any atom is 0.180 e. The van der Waals surface area contributed by atoms with Gasteiger partial charge in [-0.15, -0.1) is 10.2 Å². The summed E-state index contributed by atoms with van der Waals surface area (Å²) in [6, 6.07) is 0. The Kier molecular flexibility index (Phi) is 3.89. The summed E-state index contributed by atoms with van der Waals surface area (Å²) < 4.78 is 0.938. The smallest absolute Gasteiger partial charge is 0.180 e. The van der Waals surface area contributed by atoms with Gasteiger partial charge in [-0.05, 0) is 45.4 Å². The highest BCUT2D eigenvalue weighted by molar-refractivity contribution is 8.01. The molecule has 1 N–H and O–H groups in total. The van der Waals surface area contributed by atoms with Crippen molar-refractivity contribution in [1.82, 2.24) is 20.2 Å². The van der Waals surface area contributed by atoms with E-state index >= 15 is 0 Å². The van der Waals surface area contributed by atoms with Crippen LogP contribution in [0.15, 0.2) is 9.37 Å². The molecule has 3 rings (SSSR count). The lowest BCUT2D eigenvalue weighted by Crippen LogP contribution is -2.07. The Bertz CT molecular complexity index is 621. The first-order chi connectivity index (χ1) is 9.67. The summed E-state index contributed by atoms with van der Waals surface area (Å²) in [6.07, 6.45) is 2.41. The van der Waals surface area contributed by atoms with Crippen LogP contribution in [0.1, 0.15) is 42.1 Å². The molecule has 1 fully saturated rings. The van der Waals surface area contributed by atoms with Crippen molar-refractivity contribution >= 4 is 28.9 Å². The van der Waals surface area contributed by atoms with Crippen molar-refractivity contribution in [3.63, 3.8) is 0 Å². The van der Waals surface area contributed by atoms with Gasteiger partial charge in [0.25, 0.3) is 0 Å². The normalized spacial score (nSPS) is 14.6. The van der Waals surface area contributed by atoms with Crippen molar-refractivity contribution in [3.05, 3.63) is 16.4 Å². The Hall–Kier alpha value is -1.21. The summed E-state index contributed by atoms with van der Waals surface area (Å²) >= 11 is 3.19. The average molecular weight is 307 g/mol. The highest BCUT2D eigenvalue weighted by Crippen LogP contribution is 2.41. The predicted octanol–water partition coefficient (Wildman–Crippen LogP) is 3.41. The van der Waals surface area contributed by atoms with Gasteiger partial charge in [-0.1, -0.05) is 11.3 Å². The van der Waals surface area contributed by atoms with Crippen LogP contribution in [0.5, 0.6) is 0 Å². The van der Waals surface area contributed by atoms with E-state index in [-0.39, 0.29) is 0 Å². The third kappa shape index (κ3) is 2.93. The predicted molar refractivity (Wildman–Crippen MR) is 81.7 cm³/mol. The van der Waals surface area contributed by atoms with Crippen LogP contribution in [-0.4, -0.2) is 26.7 Å². The second kappa shape index (κ2) is 5.65. The van der Waals surface area contributed by atoms with Crippen LogP contribution in [0.25, 0.3) is 0 Å². The van der Waals surface area contributed by atoms with E-state index in [0.29, 0.717) is 5.92 Å². The number of aromatic nitrogens is 4. The standard InChI is InChI=1S/C13H17N5S2/c1-4-14-10-7(2)12(16-11(15-10)9-5-6-9)20-13-18-17-8(3)19-13/h9H,4-6H2,1-3H3,(H,14,15,16). The lowest BCUT2D eigenvalue weighted by Gasteiger charge is -2.11. The third-order valence-electron chi connectivity index (χ3n) is 3.10. The van der Waals surface area contributed by atoms with Gasteiger partial charge in [0.1, 0.15) is 21.7 Å². The van der Waals surface area contributed by atoms with Crippen LogP contribution in [-0.2, 0) is 0 Å². The molecule has 0 aromatic carbocycles. The fraction of sp³-hybridized carbons (Fsp3) is 0.538. The van der Waals surface area contributed by atoms with Crippen molar-refractivity contribution in [2.45, 2.75) is 48.9 Å². The molecule has 5 nitrogen and oxygen atoms in total. The number of anilines is 1. The third-order valence-corrected chi connectivity index (χ3v) is 5.08. The van der Waals surface area contributed by atoms with Crippen molar-refractivity contribution < 1.29 is 0 Å². The topological polar surface area (TPSA) is 63.6 Å². The Labute approximate surface area is 126 Å². The number of rotatable bonds is 5. The monoisotopic (exact) mass is 307 g/mol. The van der Waals surface area contributed by atoms with E-state index in [2.05, 4.69) is 34.3 Å². The van der Waals surface area contributed by atoms with E-state index < -0.39 is 0 Å². The van der Waals surface area contributed by atoms with Crippen molar-refractivity contribution in [1.29, 1.82) is 0 Å². The summed E-state index contributed by atoms with van der Waals surface area (Å²) in [5.74, 6) is 2.46. The molecule has 0 atom stereocenters. The first kappa shape index (κ1) is 13.8. The second-order valence-corrected chi connectivity index (χ2v) is 7.27. The maximum absolute atomic E-state index is 4.73. The fourth-order valence-electron chi connectivity index (χ4n) is 1.88. The second-order valence-electron chi connectivity index (χ2n) is 4.85. The molecule has 0 saturated heterocycles. The summed E-state index contributed by atoms with van der Waals surface area (Å²) in [6.45, 7) is 6.97. The number of hydrogen-bond acceptors (Lipinski definition) is 7. The quantitative estimate of drug-likeness (QED) is 0.854. The van der Waals surface area contributed by atoms with Crippen LogP contribution in [0.4, 0.5) is 5.82 Å². The molecule has 2 aromatic heterocycles. The SMILES string of the molecule is CCNc1nc(C2CC2)nc(Sc2nnc(C)s2)c1C. The van der Waals surface area contributed by atoms with Crippen LogP contribution in [0, 0.1) is 13.8 Å². The zero-order valence-corrected chi connectivity index (χ0v) is 13.4. The zero-order chi connectivity index (χ0) is 14.1. The molecular formula is C13H17N5S2. The van der Waals surface area contributed by atoms with Gasteiger partial charge in [-0.3, -0.25) is 0 Å². The Morgan fingerprint density at radius 2 is 2.05 bits per heavy atom. The molecule has 2 aromatic rings. The molecule has 0 amide bonds. The van der Waals surface area contributed by atoms with E-state index in [4.69, 9.17) is 4.98 Å². The number of nitrogens with one attached hydrogen (secondary N) is 1. The van der Waals surface area contributed by atoms with Gasteiger partial charge >= 0.3 is 0 Å². The molecule has 1 saturated carbocycles. The molecule has 0 aliphatic heterocycles. The summed E-state index contributed by atoms with van der Waals surface area (Å²) in [5, 5.41) is 13.5.